The van der Waals surface area contributed by atoms with Crippen LogP contribution in [0.15, 0.2) is 17.5 Å². The van der Waals surface area contributed by atoms with Gasteiger partial charge in [0, 0.05) is 16.2 Å². The summed E-state index contributed by atoms with van der Waals surface area (Å²) in [5, 5.41) is 21.1. The molecule has 0 fully saturated rings. The van der Waals surface area contributed by atoms with Gasteiger partial charge >= 0.3 is 5.97 Å². The number of hydrogen-bond acceptors (Lipinski definition) is 4. The van der Waals surface area contributed by atoms with Gasteiger partial charge in [0.15, 0.2) is 0 Å². The summed E-state index contributed by atoms with van der Waals surface area (Å²) < 4.78 is 6.01. The molecule has 0 aliphatic rings. The summed E-state index contributed by atoms with van der Waals surface area (Å²) in [5.41, 5.74) is 0.717. The molecule has 17 heavy (non-hydrogen) atoms. The number of hydrogen-bond donors (Lipinski definition) is 2. The van der Waals surface area contributed by atoms with Gasteiger partial charge in [0.05, 0.1) is 13.0 Å². The molecule has 1 atom stereocenters. The number of aliphatic carboxylic acids is 1. The average molecular weight is 252 g/mol. The molecular formula is C12H12O4S. The number of thiophene rings is 1. The average Bonchev–Trinajstić information content (AvgIpc) is 2.70. The van der Waals surface area contributed by atoms with E-state index in [4.69, 9.17) is 9.84 Å². The van der Waals surface area contributed by atoms with E-state index in [0.29, 0.717) is 11.3 Å². The van der Waals surface area contributed by atoms with Crippen LogP contribution >= 0.6 is 11.3 Å². The van der Waals surface area contributed by atoms with Crippen molar-refractivity contribution in [3.05, 3.63) is 23.1 Å². The summed E-state index contributed by atoms with van der Waals surface area (Å²) in [6, 6.07) is 3.10. The molecule has 2 N–H and O–H groups in total. The van der Waals surface area contributed by atoms with Gasteiger partial charge in [0.25, 0.3) is 0 Å². The monoisotopic (exact) mass is 252 g/mol. The van der Waals surface area contributed by atoms with E-state index < -0.39 is 11.9 Å². The summed E-state index contributed by atoms with van der Waals surface area (Å²) in [6.07, 6.45) is 0. The lowest BCUT2D eigenvalue weighted by Gasteiger charge is -2.08. The first kappa shape index (κ1) is 11.7. The van der Waals surface area contributed by atoms with Gasteiger partial charge in [-0.05, 0) is 23.9 Å². The van der Waals surface area contributed by atoms with Gasteiger partial charge in [-0.3, -0.25) is 4.79 Å². The van der Waals surface area contributed by atoms with Crippen molar-refractivity contribution in [1.29, 1.82) is 0 Å². The van der Waals surface area contributed by atoms with Crippen molar-refractivity contribution in [3.63, 3.8) is 0 Å². The van der Waals surface area contributed by atoms with E-state index in [-0.39, 0.29) is 5.75 Å². The third kappa shape index (κ3) is 1.93. The quantitative estimate of drug-likeness (QED) is 0.881. The number of benzene rings is 1. The van der Waals surface area contributed by atoms with Crippen LogP contribution in [0, 0.1) is 0 Å². The number of methoxy groups -OCH3 is 1. The van der Waals surface area contributed by atoms with Crippen LogP contribution in [0.3, 0.4) is 0 Å². The van der Waals surface area contributed by atoms with Gasteiger partial charge in [-0.2, -0.15) is 0 Å². The Kier molecular flexibility index (Phi) is 2.93. The van der Waals surface area contributed by atoms with Crippen molar-refractivity contribution in [2.75, 3.05) is 7.11 Å². The molecule has 4 nitrogen and oxygen atoms in total. The Hall–Kier alpha value is -1.75. The Morgan fingerprint density at radius 2 is 2.18 bits per heavy atom. The maximum absolute atomic E-state index is 11.0. The second kappa shape index (κ2) is 4.25. The maximum atomic E-state index is 11.0. The fourth-order valence-electron chi connectivity index (χ4n) is 1.75. The van der Waals surface area contributed by atoms with Crippen LogP contribution in [0.5, 0.6) is 11.5 Å². The van der Waals surface area contributed by atoms with E-state index in [1.165, 1.54) is 24.5 Å². The highest BCUT2D eigenvalue weighted by atomic mass is 32.1. The number of phenolic OH excluding ortho intramolecular Hbond substituents is 1. The molecule has 0 amide bonds. The van der Waals surface area contributed by atoms with Crippen molar-refractivity contribution in [2.45, 2.75) is 12.8 Å². The summed E-state index contributed by atoms with van der Waals surface area (Å²) >= 11 is 1.40. The van der Waals surface area contributed by atoms with Crippen LogP contribution in [0.1, 0.15) is 18.4 Å². The minimum Gasteiger partial charge on any atom is -0.508 e. The Labute approximate surface area is 102 Å². The minimum atomic E-state index is -0.875. The summed E-state index contributed by atoms with van der Waals surface area (Å²) in [4.78, 5) is 11.0. The topological polar surface area (TPSA) is 66.8 Å². The lowest BCUT2D eigenvalue weighted by atomic mass is 10.00. The van der Waals surface area contributed by atoms with Gasteiger partial charge in [-0.1, -0.05) is 0 Å². The number of ether oxygens (including phenoxy) is 1. The van der Waals surface area contributed by atoms with Crippen molar-refractivity contribution < 1.29 is 19.7 Å². The second-order valence-electron chi connectivity index (χ2n) is 3.77. The molecule has 1 aromatic heterocycles. The zero-order valence-corrected chi connectivity index (χ0v) is 10.2. The fraction of sp³-hybridized carbons (Fsp3) is 0.250. The predicted octanol–water partition coefficient (Wildman–Crippen LogP) is 2.80. The van der Waals surface area contributed by atoms with Crippen LogP contribution in [-0.2, 0) is 4.79 Å². The summed E-state index contributed by atoms with van der Waals surface area (Å²) in [5.74, 6) is -0.850. The maximum Gasteiger partial charge on any atom is 0.310 e. The third-order valence-corrected chi connectivity index (χ3v) is 3.66. The first-order valence-electron chi connectivity index (χ1n) is 5.05. The van der Waals surface area contributed by atoms with Crippen LogP contribution < -0.4 is 4.74 Å². The zero-order chi connectivity index (χ0) is 12.6. The molecule has 2 aromatic rings. The first-order chi connectivity index (χ1) is 8.04. The molecule has 0 spiro atoms. The van der Waals surface area contributed by atoms with E-state index >= 15 is 0 Å². The SMILES string of the molecule is COc1cc(O)cc2scc(C(C)C(=O)O)c12. The van der Waals surface area contributed by atoms with E-state index in [1.54, 1.807) is 18.4 Å². The number of rotatable bonds is 3. The number of carbonyl (C=O) groups is 1. The Morgan fingerprint density at radius 3 is 2.76 bits per heavy atom. The van der Waals surface area contributed by atoms with Gasteiger partial charge in [-0.25, -0.2) is 0 Å². The van der Waals surface area contributed by atoms with E-state index in [0.717, 1.165) is 10.1 Å². The zero-order valence-electron chi connectivity index (χ0n) is 9.43. The Balaban J connectivity index is 2.70. The molecule has 0 aliphatic heterocycles. The van der Waals surface area contributed by atoms with Crippen molar-refractivity contribution in [2.24, 2.45) is 0 Å². The lowest BCUT2D eigenvalue weighted by Crippen LogP contribution is -2.06. The highest BCUT2D eigenvalue weighted by Gasteiger charge is 2.20. The van der Waals surface area contributed by atoms with Crippen molar-refractivity contribution >= 4 is 27.4 Å². The van der Waals surface area contributed by atoms with Gasteiger partial charge < -0.3 is 14.9 Å². The van der Waals surface area contributed by atoms with E-state index in [1.807, 2.05) is 0 Å². The van der Waals surface area contributed by atoms with Crippen LogP contribution in [0.4, 0.5) is 0 Å². The highest BCUT2D eigenvalue weighted by Crippen LogP contribution is 2.40. The van der Waals surface area contributed by atoms with Crippen LogP contribution in [0.2, 0.25) is 0 Å². The second-order valence-corrected chi connectivity index (χ2v) is 4.68. The highest BCUT2D eigenvalue weighted by molar-refractivity contribution is 7.17. The molecule has 0 aliphatic carbocycles. The summed E-state index contributed by atoms with van der Waals surface area (Å²) in [6.45, 7) is 1.64. The van der Waals surface area contributed by atoms with Crippen LogP contribution in [0.25, 0.3) is 10.1 Å². The molecule has 1 heterocycles. The Bertz CT molecular complexity index is 573. The van der Waals surface area contributed by atoms with E-state index in [9.17, 15) is 9.90 Å². The normalized spacial score (nSPS) is 12.6. The number of phenols is 1. The van der Waals surface area contributed by atoms with Crippen molar-refractivity contribution in [3.8, 4) is 11.5 Å². The van der Waals surface area contributed by atoms with Gasteiger partial charge in [-0.15, -0.1) is 11.3 Å². The molecular weight excluding hydrogens is 240 g/mol. The smallest absolute Gasteiger partial charge is 0.310 e. The molecule has 5 heteroatoms. The Morgan fingerprint density at radius 1 is 1.47 bits per heavy atom. The molecule has 1 unspecified atom stereocenters. The predicted molar refractivity (Wildman–Crippen MR) is 66.1 cm³/mol. The van der Waals surface area contributed by atoms with Crippen molar-refractivity contribution in [1.82, 2.24) is 0 Å². The lowest BCUT2D eigenvalue weighted by molar-refractivity contribution is -0.138. The molecule has 1 aromatic carbocycles. The first-order valence-corrected chi connectivity index (χ1v) is 5.93. The standard InChI is InChI=1S/C12H12O4S/c1-6(12(14)15)8-5-17-10-4-7(13)3-9(16-2)11(8)10/h3-6,13H,1-2H3,(H,14,15). The molecule has 90 valence electrons. The number of carboxylic acid groups (broad SMARTS) is 1. The number of fused-ring (bicyclic) bond motifs is 1. The third-order valence-electron chi connectivity index (χ3n) is 2.71. The molecule has 0 saturated carbocycles. The van der Waals surface area contributed by atoms with Crippen LogP contribution in [-0.4, -0.2) is 23.3 Å². The molecule has 0 saturated heterocycles. The number of carboxylic acids is 1. The van der Waals surface area contributed by atoms with E-state index in [2.05, 4.69) is 0 Å². The minimum absolute atomic E-state index is 0.116. The molecule has 0 radical (unpaired) electrons. The summed E-state index contributed by atoms with van der Waals surface area (Å²) in [7, 11) is 1.50. The largest absolute Gasteiger partial charge is 0.508 e. The fourth-order valence-corrected chi connectivity index (χ4v) is 2.85. The molecule has 2 rings (SSSR count). The molecule has 0 bridgehead atoms. The van der Waals surface area contributed by atoms with Gasteiger partial charge in [0.2, 0.25) is 0 Å². The van der Waals surface area contributed by atoms with Gasteiger partial charge in [0.1, 0.15) is 11.5 Å². The number of aromatic hydroxyl groups is 1.